The summed E-state index contributed by atoms with van der Waals surface area (Å²) in [5.74, 6) is 0. The van der Waals surface area contributed by atoms with Crippen LogP contribution in [0.5, 0.6) is 0 Å². The van der Waals surface area contributed by atoms with Gasteiger partial charge in [-0.05, 0) is 12.8 Å². The smallest absolute Gasteiger partial charge is 0.0682 e. The number of hydrogen-bond acceptors (Lipinski definition) is 2. The number of hydrogen-bond donors (Lipinski definition) is 1. The molecule has 0 aromatic heterocycles. The SMILES string of the molecule is CCCCCCCCCCNOCCCCC. The van der Waals surface area contributed by atoms with E-state index >= 15 is 0 Å². The van der Waals surface area contributed by atoms with Crippen molar-refractivity contribution in [2.45, 2.75) is 84.5 Å². The lowest BCUT2D eigenvalue weighted by Gasteiger charge is -2.05. The first-order chi connectivity index (χ1) is 8.41. The van der Waals surface area contributed by atoms with Crippen LogP contribution in [0.1, 0.15) is 84.5 Å². The average Bonchev–Trinajstić information content (AvgIpc) is 2.35. The van der Waals surface area contributed by atoms with E-state index in [-0.39, 0.29) is 0 Å². The van der Waals surface area contributed by atoms with Crippen LogP contribution in [0, 0.1) is 0 Å². The zero-order valence-electron chi connectivity index (χ0n) is 12.1. The zero-order valence-corrected chi connectivity index (χ0v) is 12.1. The molecule has 0 unspecified atom stereocenters. The molecule has 0 aliphatic carbocycles. The normalized spacial score (nSPS) is 10.9. The quantitative estimate of drug-likeness (QED) is 0.348. The van der Waals surface area contributed by atoms with Gasteiger partial charge in [0, 0.05) is 6.54 Å². The molecule has 0 saturated heterocycles. The van der Waals surface area contributed by atoms with E-state index in [2.05, 4.69) is 19.3 Å². The van der Waals surface area contributed by atoms with E-state index in [1.54, 1.807) is 0 Å². The fraction of sp³-hybridized carbons (Fsp3) is 1.00. The number of hydroxylamine groups is 1. The third-order valence-corrected chi connectivity index (χ3v) is 3.08. The molecule has 0 bridgehead atoms. The molecule has 0 atom stereocenters. The second kappa shape index (κ2) is 15.9. The van der Waals surface area contributed by atoms with Gasteiger partial charge in [0.2, 0.25) is 0 Å². The van der Waals surface area contributed by atoms with Crippen LogP contribution in [-0.4, -0.2) is 13.2 Å². The molecule has 0 aromatic rings. The molecular weight excluding hydrogens is 210 g/mol. The molecular formula is C15H33NO. The predicted octanol–water partition coefficient (Wildman–Crippen LogP) is 4.84. The minimum atomic E-state index is 0.866. The van der Waals surface area contributed by atoms with E-state index in [9.17, 15) is 0 Å². The molecule has 2 heteroatoms. The lowest BCUT2D eigenvalue weighted by atomic mass is 10.1. The minimum Gasteiger partial charge on any atom is -0.302 e. The van der Waals surface area contributed by atoms with Crippen LogP contribution in [0.25, 0.3) is 0 Å². The molecule has 104 valence electrons. The van der Waals surface area contributed by atoms with Crippen LogP contribution >= 0.6 is 0 Å². The van der Waals surface area contributed by atoms with E-state index in [1.165, 1.54) is 70.6 Å². The summed E-state index contributed by atoms with van der Waals surface area (Å²) in [6, 6.07) is 0. The van der Waals surface area contributed by atoms with Crippen molar-refractivity contribution in [2.75, 3.05) is 13.2 Å². The maximum absolute atomic E-state index is 5.35. The Morgan fingerprint density at radius 2 is 1.18 bits per heavy atom. The summed E-state index contributed by atoms with van der Waals surface area (Å²) in [7, 11) is 0. The van der Waals surface area contributed by atoms with Crippen LogP contribution in [-0.2, 0) is 4.84 Å². The third kappa shape index (κ3) is 15.9. The molecule has 2 nitrogen and oxygen atoms in total. The summed E-state index contributed by atoms with van der Waals surface area (Å²) in [5.41, 5.74) is 3.06. The summed E-state index contributed by atoms with van der Waals surface area (Å²) >= 11 is 0. The molecule has 0 heterocycles. The highest BCUT2D eigenvalue weighted by atomic mass is 16.6. The molecule has 0 radical (unpaired) electrons. The number of nitrogens with one attached hydrogen (secondary N) is 1. The van der Waals surface area contributed by atoms with E-state index in [0.29, 0.717) is 0 Å². The van der Waals surface area contributed by atoms with E-state index in [0.717, 1.165) is 13.2 Å². The van der Waals surface area contributed by atoms with Crippen molar-refractivity contribution in [1.82, 2.24) is 5.48 Å². The van der Waals surface area contributed by atoms with Crippen LogP contribution in [0.4, 0.5) is 0 Å². The molecule has 1 N–H and O–H groups in total. The van der Waals surface area contributed by atoms with Crippen molar-refractivity contribution in [3.8, 4) is 0 Å². The summed E-state index contributed by atoms with van der Waals surface area (Å²) in [6.07, 6.45) is 14.7. The topological polar surface area (TPSA) is 21.3 Å². The van der Waals surface area contributed by atoms with Crippen molar-refractivity contribution in [3.63, 3.8) is 0 Å². The van der Waals surface area contributed by atoms with Gasteiger partial charge in [-0.1, -0.05) is 71.6 Å². The highest BCUT2D eigenvalue weighted by Crippen LogP contribution is 2.07. The molecule has 17 heavy (non-hydrogen) atoms. The lowest BCUT2D eigenvalue weighted by molar-refractivity contribution is 0.0378. The molecule has 0 aliphatic rings. The third-order valence-electron chi connectivity index (χ3n) is 3.08. The largest absolute Gasteiger partial charge is 0.302 e. The van der Waals surface area contributed by atoms with E-state index < -0.39 is 0 Å². The number of rotatable bonds is 14. The van der Waals surface area contributed by atoms with Crippen LogP contribution in [0.15, 0.2) is 0 Å². The second-order valence-corrected chi connectivity index (χ2v) is 4.92. The van der Waals surface area contributed by atoms with Gasteiger partial charge in [-0.3, -0.25) is 0 Å². The summed E-state index contributed by atoms with van der Waals surface area (Å²) < 4.78 is 0. The molecule has 0 aromatic carbocycles. The maximum atomic E-state index is 5.35. The Morgan fingerprint density at radius 3 is 1.82 bits per heavy atom. The van der Waals surface area contributed by atoms with E-state index in [4.69, 9.17) is 4.84 Å². The van der Waals surface area contributed by atoms with Crippen molar-refractivity contribution >= 4 is 0 Å². The highest BCUT2D eigenvalue weighted by Gasteiger charge is 1.92. The van der Waals surface area contributed by atoms with Gasteiger partial charge in [0.15, 0.2) is 0 Å². The van der Waals surface area contributed by atoms with Gasteiger partial charge in [0.1, 0.15) is 0 Å². The minimum absolute atomic E-state index is 0.866. The van der Waals surface area contributed by atoms with Gasteiger partial charge in [-0.2, -0.15) is 0 Å². The van der Waals surface area contributed by atoms with Crippen LogP contribution in [0.2, 0.25) is 0 Å². The Hall–Kier alpha value is -0.0800. The van der Waals surface area contributed by atoms with Gasteiger partial charge in [0.05, 0.1) is 6.61 Å². The van der Waals surface area contributed by atoms with Crippen LogP contribution < -0.4 is 5.48 Å². The second-order valence-electron chi connectivity index (χ2n) is 4.92. The molecule has 0 spiro atoms. The Morgan fingerprint density at radius 1 is 0.647 bits per heavy atom. The first kappa shape index (κ1) is 16.9. The van der Waals surface area contributed by atoms with Gasteiger partial charge < -0.3 is 4.84 Å². The first-order valence-corrected chi connectivity index (χ1v) is 7.76. The summed E-state index contributed by atoms with van der Waals surface area (Å²) in [5, 5.41) is 0. The van der Waals surface area contributed by atoms with Crippen molar-refractivity contribution in [3.05, 3.63) is 0 Å². The Labute approximate surface area is 108 Å². The standard InChI is InChI=1S/C15H33NO/c1-3-5-7-8-9-10-11-12-14-16-17-15-13-6-4-2/h16H,3-15H2,1-2H3. The predicted molar refractivity (Wildman–Crippen MR) is 76.1 cm³/mol. The van der Waals surface area contributed by atoms with Crippen molar-refractivity contribution < 1.29 is 4.84 Å². The average molecular weight is 243 g/mol. The molecule has 0 rings (SSSR count). The maximum Gasteiger partial charge on any atom is 0.0682 e. The van der Waals surface area contributed by atoms with Gasteiger partial charge >= 0.3 is 0 Å². The molecule has 0 saturated carbocycles. The Kier molecular flexibility index (Phi) is 15.8. The Bertz CT molecular complexity index is 114. The summed E-state index contributed by atoms with van der Waals surface area (Å²) in [6.45, 7) is 6.37. The fourth-order valence-electron chi connectivity index (χ4n) is 1.90. The van der Waals surface area contributed by atoms with E-state index in [1.807, 2.05) is 0 Å². The van der Waals surface area contributed by atoms with Gasteiger partial charge in [0.25, 0.3) is 0 Å². The molecule has 0 amide bonds. The van der Waals surface area contributed by atoms with Gasteiger partial charge in [-0.25, -0.2) is 5.48 Å². The van der Waals surface area contributed by atoms with Gasteiger partial charge in [-0.15, -0.1) is 0 Å². The lowest BCUT2D eigenvalue weighted by Crippen LogP contribution is -2.16. The monoisotopic (exact) mass is 243 g/mol. The summed E-state index contributed by atoms with van der Waals surface area (Å²) in [4.78, 5) is 5.35. The van der Waals surface area contributed by atoms with Crippen molar-refractivity contribution in [1.29, 1.82) is 0 Å². The Balaban J connectivity index is 2.85. The fourth-order valence-corrected chi connectivity index (χ4v) is 1.90. The first-order valence-electron chi connectivity index (χ1n) is 7.76. The van der Waals surface area contributed by atoms with Crippen molar-refractivity contribution in [2.24, 2.45) is 0 Å². The highest BCUT2D eigenvalue weighted by molar-refractivity contribution is 4.46. The molecule has 0 fully saturated rings. The number of unbranched alkanes of at least 4 members (excludes halogenated alkanes) is 9. The zero-order chi connectivity index (χ0) is 12.6. The van der Waals surface area contributed by atoms with Crippen LogP contribution in [0.3, 0.4) is 0 Å². The molecule has 0 aliphatic heterocycles.